The van der Waals surface area contributed by atoms with E-state index in [0.717, 1.165) is 36.9 Å². The van der Waals surface area contributed by atoms with Crippen LogP contribution in [0.5, 0.6) is 5.75 Å². The molecular weight excluding hydrogens is 258 g/mol. The third-order valence-electron chi connectivity index (χ3n) is 3.38. The molecule has 0 saturated carbocycles. The Hall–Kier alpha value is -1.17. The highest BCUT2D eigenvalue weighted by Gasteiger charge is 2.14. The average molecular weight is 278 g/mol. The molecular formula is C16H20ClNO. The molecule has 0 spiro atoms. The van der Waals surface area contributed by atoms with Crippen molar-refractivity contribution in [2.24, 2.45) is 5.92 Å². The summed E-state index contributed by atoms with van der Waals surface area (Å²) in [5.74, 6) is 7.94. The van der Waals surface area contributed by atoms with E-state index in [-0.39, 0.29) is 0 Å². The summed E-state index contributed by atoms with van der Waals surface area (Å²) < 4.78 is 5.18. The molecule has 102 valence electrons. The molecule has 0 amide bonds. The summed E-state index contributed by atoms with van der Waals surface area (Å²) in [4.78, 5) is 2.42. The van der Waals surface area contributed by atoms with Crippen LogP contribution in [0.4, 0.5) is 0 Å². The van der Waals surface area contributed by atoms with Crippen LogP contribution in [0.25, 0.3) is 0 Å². The van der Waals surface area contributed by atoms with E-state index >= 15 is 0 Å². The molecule has 0 radical (unpaired) electrons. The van der Waals surface area contributed by atoms with Crippen LogP contribution in [0, 0.1) is 17.8 Å². The number of likely N-dealkylation sites (tertiary alicyclic amines) is 1. The van der Waals surface area contributed by atoms with Gasteiger partial charge in [-0.3, -0.25) is 4.90 Å². The van der Waals surface area contributed by atoms with Gasteiger partial charge in [-0.15, -0.1) is 0 Å². The first-order chi connectivity index (χ1) is 9.17. The molecule has 1 aliphatic rings. The number of hydrogen-bond acceptors (Lipinski definition) is 2. The molecule has 1 fully saturated rings. The molecule has 1 atom stereocenters. The van der Waals surface area contributed by atoms with E-state index in [1.165, 1.54) is 12.8 Å². The molecule has 1 aromatic carbocycles. The molecule has 2 nitrogen and oxygen atoms in total. The fraction of sp³-hybridized carbons (Fsp3) is 0.500. The van der Waals surface area contributed by atoms with Crippen molar-refractivity contribution in [3.63, 3.8) is 0 Å². The van der Waals surface area contributed by atoms with Gasteiger partial charge in [0.1, 0.15) is 5.75 Å². The van der Waals surface area contributed by atoms with Gasteiger partial charge in [-0.2, -0.15) is 0 Å². The summed E-state index contributed by atoms with van der Waals surface area (Å²) in [6.07, 6.45) is 2.63. The summed E-state index contributed by atoms with van der Waals surface area (Å²) in [5, 5.41) is 0.662. The lowest BCUT2D eigenvalue weighted by Gasteiger charge is -2.28. The van der Waals surface area contributed by atoms with Gasteiger partial charge < -0.3 is 4.74 Å². The lowest BCUT2D eigenvalue weighted by molar-refractivity contribution is 0.204. The quantitative estimate of drug-likeness (QED) is 0.768. The Balaban J connectivity index is 1.97. The number of halogens is 1. The summed E-state index contributed by atoms with van der Waals surface area (Å²) in [6.45, 7) is 5.46. The van der Waals surface area contributed by atoms with Crippen LogP contribution in [0.15, 0.2) is 18.2 Å². The summed E-state index contributed by atoms with van der Waals surface area (Å²) in [6, 6.07) is 5.58. The molecule has 19 heavy (non-hydrogen) atoms. The molecule has 1 aromatic rings. The maximum Gasteiger partial charge on any atom is 0.121 e. The first kappa shape index (κ1) is 14.2. The zero-order chi connectivity index (χ0) is 13.7. The van der Waals surface area contributed by atoms with Crippen molar-refractivity contribution in [2.75, 3.05) is 26.7 Å². The van der Waals surface area contributed by atoms with Crippen LogP contribution in [0.3, 0.4) is 0 Å². The molecule has 0 N–H and O–H groups in total. The minimum atomic E-state index is 0.662. The maximum atomic E-state index is 6.02. The van der Waals surface area contributed by atoms with Gasteiger partial charge in [-0.1, -0.05) is 30.4 Å². The Morgan fingerprint density at radius 1 is 1.42 bits per heavy atom. The van der Waals surface area contributed by atoms with Gasteiger partial charge in [0.25, 0.3) is 0 Å². The van der Waals surface area contributed by atoms with Crippen molar-refractivity contribution in [1.82, 2.24) is 4.90 Å². The number of nitrogens with zero attached hydrogens (tertiary/aromatic N) is 1. The van der Waals surface area contributed by atoms with Crippen LogP contribution < -0.4 is 4.74 Å². The van der Waals surface area contributed by atoms with Crippen LogP contribution in [-0.2, 0) is 0 Å². The smallest absolute Gasteiger partial charge is 0.121 e. The van der Waals surface area contributed by atoms with Gasteiger partial charge in [-0.25, -0.2) is 0 Å². The molecule has 0 aromatic heterocycles. The van der Waals surface area contributed by atoms with Crippen LogP contribution in [0.1, 0.15) is 25.3 Å². The van der Waals surface area contributed by atoms with Gasteiger partial charge >= 0.3 is 0 Å². The van der Waals surface area contributed by atoms with Gasteiger partial charge in [0.2, 0.25) is 0 Å². The van der Waals surface area contributed by atoms with E-state index in [0.29, 0.717) is 5.02 Å². The molecule has 2 rings (SSSR count). The van der Waals surface area contributed by atoms with Gasteiger partial charge in [0, 0.05) is 17.1 Å². The fourth-order valence-electron chi connectivity index (χ4n) is 2.44. The van der Waals surface area contributed by atoms with Gasteiger partial charge in [0.05, 0.1) is 13.7 Å². The first-order valence-corrected chi connectivity index (χ1v) is 7.11. The topological polar surface area (TPSA) is 12.5 Å². The molecule has 1 saturated heterocycles. The van der Waals surface area contributed by atoms with E-state index < -0.39 is 0 Å². The van der Waals surface area contributed by atoms with E-state index in [2.05, 4.69) is 23.7 Å². The molecule has 1 unspecified atom stereocenters. The monoisotopic (exact) mass is 277 g/mol. The van der Waals surface area contributed by atoms with Gasteiger partial charge in [-0.05, 0) is 43.5 Å². The Labute approximate surface area is 120 Å². The van der Waals surface area contributed by atoms with Crippen molar-refractivity contribution in [3.8, 4) is 17.6 Å². The standard InChI is InChI=1S/C16H20ClNO/c1-13-5-3-7-18(12-13)8-4-6-14-9-15(17)11-16(10-14)19-2/h9-11,13H,3,5,7-8,12H2,1-2H3. The number of benzene rings is 1. The number of ether oxygens (including phenoxy) is 1. The molecule has 1 heterocycles. The summed E-state index contributed by atoms with van der Waals surface area (Å²) in [7, 11) is 1.64. The summed E-state index contributed by atoms with van der Waals surface area (Å²) >= 11 is 6.02. The van der Waals surface area contributed by atoms with E-state index in [1.807, 2.05) is 12.1 Å². The highest BCUT2D eigenvalue weighted by atomic mass is 35.5. The second-order valence-electron chi connectivity index (χ2n) is 5.16. The number of hydrogen-bond donors (Lipinski definition) is 0. The van der Waals surface area contributed by atoms with E-state index in [4.69, 9.17) is 16.3 Å². The largest absolute Gasteiger partial charge is 0.497 e. The normalized spacial score (nSPS) is 19.6. The second kappa shape index (κ2) is 6.84. The van der Waals surface area contributed by atoms with Gasteiger partial charge in [0.15, 0.2) is 0 Å². The minimum Gasteiger partial charge on any atom is -0.497 e. The molecule has 3 heteroatoms. The minimum absolute atomic E-state index is 0.662. The zero-order valence-corrected chi connectivity index (χ0v) is 12.3. The fourth-order valence-corrected chi connectivity index (χ4v) is 2.66. The van der Waals surface area contributed by atoms with Crippen LogP contribution in [0.2, 0.25) is 5.02 Å². The second-order valence-corrected chi connectivity index (χ2v) is 5.60. The summed E-state index contributed by atoms with van der Waals surface area (Å²) in [5.41, 5.74) is 0.911. The Morgan fingerprint density at radius 2 is 2.26 bits per heavy atom. The number of rotatable bonds is 2. The maximum absolute atomic E-state index is 6.02. The lowest BCUT2D eigenvalue weighted by Crippen LogP contribution is -2.34. The Morgan fingerprint density at radius 3 is 3.00 bits per heavy atom. The first-order valence-electron chi connectivity index (χ1n) is 6.73. The third-order valence-corrected chi connectivity index (χ3v) is 3.60. The number of methoxy groups -OCH3 is 1. The molecule has 1 aliphatic heterocycles. The molecule has 0 aliphatic carbocycles. The number of piperidine rings is 1. The average Bonchev–Trinajstić information content (AvgIpc) is 2.38. The Kier molecular flexibility index (Phi) is 5.13. The van der Waals surface area contributed by atoms with Crippen molar-refractivity contribution >= 4 is 11.6 Å². The van der Waals surface area contributed by atoms with Crippen molar-refractivity contribution in [1.29, 1.82) is 0 Å². The lowest BCUT2D eigenvalue weighted by atomic mass is 10.0. The molecule has 0 bridgehead atoms. The third kappa shape index (κ3) is 4.45. The highest BCUT2D eigenvalue weighted by Crippen LogP contribution is 2.20. The van der Waals surface area contributed by atoms with Crippen molar-refractivity contribution < 1.29 is 4.74 Å². The predicted octanol–water partition coefficient (Wildman–Crippen LogP) is 3.43. The highest BCUT2D eigenvalue weighted by molar-refractivity contribution is 6.30. The van der Waals surface area contributed by atoms with Crippen LogP contribution in [-0.4, -0.2) is 31.6 Å². The SMILES string of the molecule is COc1cc(Cl)cc(C#CCN2CCCC(C)C2)c1. The zero-order valence-electron chi connectivity index (χ0n) is 11.6. The van der Waals surface area contributed by atoms with Crippen molar-refractivity contribution in [2.45, 2.75) is 19.8 Å². The predicted molar refractivity (Wildman–Crippen MR) is 79.7 cm³/mol. The van der Waals surface area contributed by atoms with E-state index in [9.17, 15) is 0 Å². The Bertz CT molecular complexity index is 489. The van der Waals surface area contributed by atoms with E-state index in [1.54, 1.807) is 13.2 Å². The van der Waals surface area contributed by atoms with Crippen LogP contribution >= 0.6 is 11.6 Å². The van der Waals surface area contributed by atoms with Crippen molar-refractivity contribution in [3.05, 3.63) is 28.8 Å².